The summed E-state index contributed by atoms with van der Waals surface area (Å²) in [6, 6.07) is 2.02. The smallest absolute Gasteiger partial charge is 0.303 e. The molecule has 3 N–H and O–H groups in total. The number of hydrogen-bond acceptors (Lipinski definition) is 4. The molecule has 0 radical (unpaired) electrons. The summed E-state index contributed by atoms with van der Waals surface area (Å²) in [7, 11) is 0. The van der Waals surface area contributed by atoms with Gasteiger partial charge in [-0.05, 0) is 25.8 Å². The molecule has 0 aliphatic rings. The molecule has 2 aromatic heterocycles. The van der Waals surface area contributed by atoms with Crippen molar-refractivity contribution in [1.82, 2.24) is 15.0 Å². The monoisotopic (exact) mass is 262 g/mol. The van der Waals surface area contributed by atoms with E-state index in [1.807, 2.05) is 13.0 Å². The van der Waals surface area contributed by atoms with Crippen LogP contribution in [0.15, 0.2) is 12.4 Å². The van der Waals surface area contributed by atoms with Crippen molar-refractivity contribution in [2.45, 2.75) is 32.6 Å². The molecule has 0 unspecified atom stereocenters. The van der Waals surface area contributed by atoms with Crippen molar-refractivity contribution in [2.75, 3.05) is 11.9 Å². The van der Waals surface area contributed by atoms with Gasteiger partial charge in [-0.1, -0.05) is 6.42 Å². The van der Waals surface area contributed by atoms with Crippen LogP contribution in [0.5, 0.6) is 0 Å². The molecule has 6 heteroatoms. The molecule has 6 nitrogen and oxygen atoms in total. The number of anilines is 1. The number of carbonyl (C=O) groups is 1. The number of aromatic nitrogens is 3. The highest BCUT2D eigenvalue weighted by Gasteiger charge is 2.05. The van der Waals surface area contributed by atoms with Crippen LogP contribution in [0.3, 0.4) is 0 Å². The maximum absolute atomic E-state index is 10.4. The van der Waals surface area contributed by atoms with Crippen LogP contribution >= 0.6 is 0 Å². The van der Waals surface area contributed by atoms with Crippen molar-refractivity contribution in [2.24, 2.45) is 0 Å². The largest absolute Gasteiger partial charge is 0.481 e. The topological polar surface area (TPSA) is 90.9 Å². The highest BCUT2D eigenvalue weighted by atomic mass is 16.4. The van der Waals surface area contributed by atoms with Gasteiger partial charge in [-0.15, -0.1) is 0 Å². The lowest BCUT2D eigenvalue weighted by atomic mass is 10.2. The van der Waals surface area contributed by atoms with Crippen molar-refractivity contribution in [3.05, 3.63) is 18.1 Å². The van der Waals surface area contributed by atoms with Crippen molar-refractivity contribution < 1.29 is 9.90 Å². The van der Waals surface area contributed by atoms with Gasteiger partial charge >= 0.3 is 5.97 Å². The van der Waals surface area contributed by atoms with Crippen LogP contribution < -0.4 is 5.32 Å². The first-order valence-corrected chi connectivity index (χ1v) is 6.43. The molecule has 0 bridgehead atoms. The van der Waals surface area contributed by atoms with E-state index in [1.165, 1.54) is 6.33 Å². The summed E-state index contributed by atoms with van der Waals surface area (Å²) < 4.78 is 0. The molecule has 2 rings (SSSR count). The number of unbranched alkanes of at least 4 members (excludes halogenated alkanes) is 2. The number of aliphatic carboxylic acids is 1. The molecule has 19 heavy (non-hydrogen) atoms. The highest BCUT2D eigenvalue weighted by molar-refractivity contribution is 5.87. The average molecular weight is 262 g/mol. The first-order valence-electron chi connectivity index (χ1n) is 6.43. The van der Waals surface area contributed by atoms with Gasteiger partial charge < -0.3 is 15.4 Å². The molecule has 0 saturated carbocycles. The lowest BCUT2D eigenvalue weighted by Gasteiger charge is -2.05. The molecule has 0 spiro atoms. The summed E-state index contributed by atoms with van der Waals surface area (Å²) in [6.45, 7) is 2.77. The van der Waals surface area contributed by atoms with E-state index < -0.39 is 5.97 Å². The van der Waals surface area contributed by atoms with E-state index in [-0.39, 0.29) is 6.42 Å². The van der Waals surface area contributed by atoms with E-state index in [2.05, 4.69) is 20.3 Å². The Bertz CT molecular complexity index is 565. The average Bonchev–Trinajstić information content (AvgIpc) is 2.74. The van der Waals surface area contributed by atoms with E-state index in [9.17, 15) is 4.79 Å². The van der Waals surface area contributed by atoms with Gasteiger partial charge in [0.15, 0.2) is 0 Å². The Morgan fingerprint density at radius 2 is 2.21 bits per heavy atom. The fourth-order valence-corrected chi connectivity index (χ4v) is 2.00. The quantitative estimate of drug-likeness (QED) is 0.666. The number of H-pyrrole nitrogens is 1. The van der Waals surface area contributed by atoms with Gasteiger partial charge in [-0.3, -0.25) is 4.79 Å². The predicted octanol–water partition coefficient (Wildman–Crippen LogP) is 2.32. The molecule has 0 fully saturated rings. The molecule has 2 aromatic rings. The molecule has 0 aliphatic carbocycles. The molecule has 0 aromatic carbocycles. The predicted molar refractivity (Wildman–Crippen MR) is 73.2 cm³/mol. The Kier molecular flexibility index (Phi) is 4.33. The zero-order chi connectivity index (χ0) is 13.7. The summed E-state index contributed by atoms with van der Waals surface area (Å²) in [5.74, 6) is 0.0980. The van der Waals surface area contributed by atoms with Crippen LogP contribution in [0.2, 0.25) is 0 Å². The van der Waals surface area contributed by atoms with Crippen LogP contribution in [0.1, 0.15) is 31.4 Å². The first kappa shape index (κ1) is 13.3. The minimum absolute atomic E-state index is 0.245. The van der Waals surface area contributed by atoms with Gasteiger partial charge in [-0.2, -0.15) is 0 Å². The summed E-state index contributed by atoms with van der Waals surface area (Å²) in [5, 5.41) is 12.8. The van der Waals surface area contributed by atoms with Gasteiger partial charge in [0.2, 0.25) is 0 Å². The summed E-state index contributed by atoms with van der Waals surface area (Å²) in [4.78, 5) is 21.9. The fraction of sp³-hybridized carbons (Fsp3) is 0.462. The highest BCUT2D eigenvalue weighted by Crippen LogP contribution is 2.19. The number of nitrogens with one attached hydrogen (secondary N) is 2. The van der Waals surface area contributed by atoms with Gasteiger partial charge in [0.05, 0.1) is 5.39 Å². The maximum atomic E-state index is 10.4. The lowest BCUT2D eigenvalue weighted by Crippen LogP contribution is -2.04. The second-order valence-corrected chi connectivity index (χ2v) is 4.57. The molecule has 102 valence electrons. The number of carboxylic acids is 1. The van der Waals surface area contributed by atoms with E-state index in [1.54, 1.807) is 0 Å². The zero-order valence-corrected chi connectivity index (χ0v) is 10.9. The van der Waals surface area contributed by atoms with Crippen molar-refractivity contribution in [3.8, 4) is 0 Å². The lowest BCUT2D eigenvalue weighted by molar-refractivity contribution is -0.137. The molecule has 2 heterocycles. The van der Waals surface area contributed by atoms with E-state index in [0.29, 0.717) is 0 Å². The van der Waals surface area contributed by atoms with Gasteiger partial charge in [0.1, 0.15) is 17.8 Å². The Hall–Kier alpha value is -2.11. The van der Waals surface area contributed by atoms with Gasteiger partial charge in [0.25, 0.3) is 0 Å². The number of hydrogen-bond donors (Lipinski definition) is 3. The molecule has 0 amide bonds. The summed E-state index contributed by atoms with van der Waals surface area (Å²) >= 11 is 0. The minimum atomic E-state index is -0.728. The summed E-state index contributed by atoms with van der Waals surface area (Å²) in [6.07, 6.45) is 4.33. The number of carboxylic acid groups (broad SMARTS) is 1. The van der Waals surface area contributed by atoms with Crippen molar-refractivity contribution >= 4 is 22.8 Å². The van der Waals surface area contributed by atoms with Crippen LogP contribution in [-0.4, -0.2) is 32.6 Å². The van der Waals surface area contributed by atoms with Crippen LogP contribution in [0, 0.1) is 6.92 Å². The van der Waals surface area contributed by atoms with Gasteiger partial charge in [0, 0.05) is 18.7 Å². The molecule has 0 atom stereocenters. The minimum Gasteiger partial charge on any atom is -0.481 e. The Morgan fingerprint density at radius 3 is 3.00 bits per heavy atom. The van der Waals surface area contributed by atoms with Crippen molar-refractivity contribution in [1.29, 1.82) is 0 Å². The normalized spacial score (nSPS) is 10.8. The van der Waals surface area contributed by atoms with E-state index in [0.717, 1.165) is 48.4 Å². The second-order valence-electron chi connectivity index (χ2n) is 4.57. The molecular weight excluding hydrogens is 244 g/mol. The summed E-state index contributed by atoms with van der Waals surface area (Å²) in [5.41, 5.74) is 1.89. The molecule has 0 aliphatic heterocycles. The number of aromatic amines is 1. The number of nitrogens with zero attached hydrogens (tertiary/aromatic N) is 2. The van der Waals surface area contributed by atoms with Crippen LogP contribution in [0.25, 0.3) is 11.0 Å². The Morgan fingerprint density at radius 1 is 1.37 bits per heavy atom. The Balaban J connectivity index is 1.83. The van der Waals surface area contributed by atoms with E-state index >= 15 is 0 Å². The van der Waals surface area contributed by atoms with Gasteiger partial charge in [-0.25, -0.2) is 9.97 Å². The van der Waals surface area contributed by atoms with Crippen LogP contribution in [0.4, 0.5) is 5.82 Å². The SMILES string of the molecule is Cc1cc2c(NCCCCCC(=O)O)ncnc2[nH]1. The standard InChI is InChI=1S/C13H18N4O2/c1-9-7-10-12(15-8-16-13(10)17-9)14-6-4-2-3-5-11(18)19/h7-8H,2-6H2,1H3,(H,18,19)(H2,14,15,16,17). The maximum Gasteiger partial charge on any atom is 0.303 e. The zero-order valence-electron chi connectivity index (χ0n) is 10.9. The fourth-order valence-electron chi connectivity index (χ4n) is 2.00. The number of rotatable bonds is 7. The molecule has 0 saturated heterocycles. The third kappa shape index (κ3) is 3.67. The third-order valence-electron chi connectivity index (χ3n) is 2.92. The Labute approximate surface area is 111 Å². The number of fused-ring (bicyclic) bond motifs is 1. The number of aryl methyl sites for hydroxylation is 1. The van der Waals surface area contributed by atoms with E-state index in [4.69, 9.17) is 5.11 Å². The second kappa shape index (κ2) is 6.17. The van der Waals surface area contributed by atoms with Crippen molar-refractivity contribution in [3.63, 3.8) is 0 Å². The molecular formula is C13H18N4O2. The van der Waals surface area contributed by atoms with Crippen LogP contribution in [-0.2, 0) is 4.79 Å². The third-order valence-corrected chi connectivity index (χ3v) is 2.92. The first-order chi connectivity index (χ1) is 9.16.